The number of H-pyrrole nitrogens is 1. The molecule has 116 valence electrons. The fourth-order valence-corrected chi connectivity index (χ4v) is 3.07. The summed E-state index contributed by atoms with van der Waals surface area (Å²) in [5, 5.41) is 10.7. The lowest BCUT2D eigenvalue weighted by Gasteiger charge is -1.95. The predicted octanol–water partition coefficient (Wildman–Crippen LogP) is 4.32. The van der Waals surface area contributed by atoms with Gasteiger partial charge >= 0.3 is 0 Å². The Morgan fingerprint density at radius 2 is 2.09 bits per heavy atom. The molecule has 3 aromatic rings. The lowest BCUT2D eigenvalue weighted by atomic mass is 10.2. The van der Waals surface area contributed by atoms with Crippen molar-refractivity contribution in [1.29, 1.82) is 0 Å². The number of aromatic amines is 1. The topological polar surface area (TPSA) is 70.1 Å². The number of nitrogens with zero attached hydrogens (tertiary/aromatic N) is 2. The molecule has 23 heavy (non-hydrogen) atoms. The molecular weight excluding hydrogens is 400 g/mol. The van der Waals surface area contributed by atoms with Gasteiger partial charge in [-0.25, -0.2) is 5.43 Å². The highest BCUT2D eigenvalue weighted by atomic mass is 79.9. The Hall–Kier alpha value is -1.96. The molecule has 1 amide bonds. The maximum atomic E-state index is 12.0. The zero-order chi connectivity index (χ0) is 16.2. The minimum absolute atomic E-state index is 0.262. The van der Waals surface area contributed by atoms with Gasteiger partial charge in [0.1, 0.15) is 0 Å². The maximum absolute atomic E-state index is 12.0. The van der Waals surface area contributed by atoms with Crippen LogP contribution in [0.2, 0.25) is 4.34 Å². The van der Waals surface area contributed by atoms with Crippen molar-refractivity contribution in [2.45, 2.75) is 0 Å². The lowest BCUT2D eigenvalue weighted by molar-refractivity contribution is 0.0950. The summed E-state index contributed by atoms with van der Waals surface area (Å²) in [5.74, 6) is -0.386. The number of amides is 1. The van der Waals surface area contributed by atoms with E-state index in [2.05, 4.69) is 36.7 Å². The fourth-order valence-electron chi connectivity index (χ4n) is 1.79. The van der Waals surface area contributed by atoms with Crippen molar-refractivity contribution < 1.29 is 4.79 Å². The van der Waals surface area contributed by atoms with Crippen LogP contribution in [0.25, 0.3) is 10.6 Å². The first-order valence-electron chi connectivity index (χ1n) is 6.52. The van der Waals surface area contributed by atoms with Gasteiger partial charge in [-0.2, -0.15) is 10.2 Å². The Bertz CT molecular complexity index is 857. The fraction of sp³-hybridized carbons (Fsp3) is 0. The number of hydrogen-bond acceptors (Lipinski definition) is 4. The molecule has 0 aliphatic heterocycles. The van der Waals surface area contributed by atoms with Gasteiger partial charge in [0.05, 0.1) is 21.1 Å². The van der Waals surface area contributed by atoms with E-state index in [-0.39, 0.29) is 11.6 Å². The van der Waals surface area contributed by atoms with Gasteiger partial charge < -0.3 is 0 Å². The van der Waals surface area contributed by atoms with Gasteiger partial charge in [0.2, 0.25) is 0 Å². The van der Waals surface area contributed by atoms with Crippen LogP contribution in [0.3, 0.4) is 0 Å². The van der Waals surface area contributed by atoms with E-state index in [4.69, 9.17) is 11.6 Å². The number of benzene rings is 1. The van der Waals surface area contributed by atoms with Gasteiger partial charge in [-0.1, -0.05) is 39.7 Å². The van der Waals surface area contributed by atoms with Crippen LogP contribution < -0.4 is 5.43 Å². The SMILES string of the molecule is O=C(N/N=C/c1ccc(Br)cc1)c1cc(-c2ccc(Cl)s2)[nH]n1. The normalized spacial score (nSPS) is 11.0. The van der Waals surface area contributed by atoms with Gasteiger partial charge in [-0.05, 0) is 35.9 Å². The van der Waals surface area contributed by atoms with E-state index in [0.29, 0.717) is 4.34 Å². The standard InChI is InChI=1S/C15H10BrClN4OS/c16-10-3-1-9(2-4-10)8-18-21-15(22)12-7-11(19-20-12)13-5-6-14(17)23-13/h1-8H,(H,19,20)(H,21,22)/b18-8+. The molecule has 0 bridgehead atoms. The Labute approximate surface area is 149 Å². The molecule has 0 aliphatic carbocycles. The summed E-state index contributed by atoms with van der Waals surface area (Å²) in [7, 11) is 0. The Kier molecular flexibility index (Phi) is 4.90. The molecule has 0 saturated carbocycles. The van der Waals surface area contributed by atoms with Crippen LogP contribution in [0.5, 0.6) is 0 Å². The van der Waals surface area contributed by atoms with Crippen LogP contribution in [0, 0.1) is 0 Å². The molecule has 0 saturated heterocycles. The van der Waals surface area contributed by atoms with Gasteiger partial charge in [-0.15, -0.1) is 11.3 Å². The lowest BCUT2D eigenvalue weighted by Crippen LogP contribution is -2.17. The number of carbonyl (C=O) groups is 1. The summed E-state index contributed by atoms with van der Waals surface area (Å²) in [6, 6.07) is 12.9. The second kappa shape index (κ2) is 7.08. The Morgan fingerprint density at radius 3 is 2.78 bits per heavy atom. The van der Waals surface area contributed by atoms with E-state index in [1.54, 1.807) is 18.3 Å². The molecule has 2 N–H and O–H groups in total. The third kappa shape index (κ3) is 4.07. The summed E-state index contributed by atoms with van der Waals surface area (Å²) < 4.78 is 1.66. The van der Waals surface area contributed by atoms with Crippen molar-refractivity contribution in [2.24, 2.45) is 5.10 Å². The first kappa shape index (κ1) is 15.9. The van der Waals surface area contributed by atoms with Crippen LogP contribution in [0.15, 0.2) is 52.0 Å². The third-order valence-electron chi connectivity index (χ3n) is 2.90. The zero-order valence-electron chi connectivity index (χ0n) is 11.6. The number of nitrogens with one attached hydrogen (secondary N) is 2. The van der Waals surface area contributed by atoms with Crippen molar-refractivity contribution in [3.8, 4) is 10.6 Å². The molecule has 3 rings (SSSR count). The average molecular weight is 410 g/mol. The van der Waals surface area contributed by atoms with Crippen LogP contribution >= 0.6 is 38.9 Å². The minimum Gasteiger partial charge on any atom is -0.276 e. The summed E-state index contributed by atoms with van der Waals surface area (Å²) in [4.78, 5) is 12.9. The predicted molar refractivity (Wildman–Crippen MR) is 96.1 cm³/mol. The molecular formula is C15H10BrClN4OS. The monoisotopic (exact) mass is 408 g/mol. The van der Waals surface area contributed by atoms with Crippen molar-refractivity contribution in [3.63, 3.8) is 0 Å². The molecule has 5 nitrogen and oxygen atoms in total. The van der Waals surface area contributed by atoms with E-state index in [9.17, 15) is 4.79 Å². The van der Waals surface area contributed by atoms with Gasteiger partial charge in [0, 0.05) is 4.47 Å². The smallest absolute Gasteiger partial charge is 0.276 e. The summed E-state index contributed by atoms with van der Waals surface area (Å²) in [5.41, 5.74) is 4.33. The first-order valence-corrected chi connectivity index (χ1v) is 8.50. The van der Waals surface area contributed by atoms with E-state index in [0.717, 1.165) is 20.6 Å². The molecule has 1 aromatic carbocycles. The molecule has 2 heterocycles. The van der Waals surface area contributed by atoms with Crippen molar-refractivity contribution in [3.05, 3.63) is 62.5 Å². The number of carbonyl (C=O) groups excluding carboxylic acids is 1. The molecule has 0 fully saturated rings. The maximum Gasteiger partial charge on any atom is 0.291 e. The zero-order valence-corrected chi connectivity index (χ0v) is 14.7. The highest BCUT2D eigenvalue weighted by molar-refractivity contribution is 9.10. The highest BCUT2D eigenvalue weighted by Crippen LogP contribution is 2.29. The molecule has 2 aromatic heterocycles. The van der Waals surface area contributed by atoms with Crippen LogP contribution in [0.1, 0.15) is 16.1 Å². The molecule has 0 unspecified atom stereocenters. The first-order chi connectivity index (χ1) is 11.1. The van der Waals surface area contributed by atoms with Crippen LogP contribution in [-0.2, 0) is 0 Å². The third-order valence-corrected chi connectivity index (χ3v) is 4.69. The van der Waals surface area contributed by atoms with Crippen LogP contribution in [-0.4, -0.2) is 22.3 Å². The van der Waals surface area contributed by atoms with E-state index >= 15 is 0 Å². The molecule has 0 radical (unpaired) electrons. The second-order valence-corrected chi connectivity index (χ2v) is 7.15. The number of hydrogen-bond donors (Lipinski definition) is 2. The Balaban J connectivity index is 1.64. The van der Waals surface area contributed by atoms with Crippen LogP contribution in [0.4, 0.5) is 0 Å². The van der Waals surface area contributed by atoms with Crippen molar-refractivity contribution in [1.82, 2.24) is 15.6 Å². The van der Waals surface area contributed by atoms with E-state index in [1.807, 2.05) is 30.3 Å². The van der Waals surface area contributed by atoms with E-state index in [1.165, 1.54) is 11.3 Å². The van der Waals surface area contributed by atoms with Gasteiger partial charge in [0.25, 0.3) is 5.91 Å². The molecule has 0 aliphatic rings. The summed E-state index contributed by atoms with van der Waals surface area (Å²) in [6.45, 7) is 0. The highest BCUT2D eigenvalue weighted by Gasteiger charge is 2.11. The Morgan fingerprint density at radius 1 is 1.30 bits per heavy atom. The van der Waals surface area contributed by atoms with E-state index < -0.39 is 0 Å². The molecule has 8 heteroatoms. The number of aromatic nitrogens is 2. The quantitative estimate of drug-likeness (QED) is 0.498. The van der Waals surface area contributed by atoms with Gasteiger partial charge in [-0.3, -0.25) is 9.89 Å². The van der Waals surface area contributed by atoms with Gasteiger partial charge in [0.15, 0.2) is 5.69 Å². The van der Waals surface area contributed by atoms with Crippen molar-refractivity contribution >= 4 is 51.0 Å². The number of thiophene rings is 1. The summed E-state index contributed by atoms with van der Waals surface area (Å²) in [6.07, 6.45) is 1.57. The minimum atomic E-state index is -0.386. The van der Waals surface area contributed by atoms with Crippen molar-refractivity contribution in [2.75, 3.05) is 0 Å². The number of rotatable bonds is 4. The number of halogens is 2. The molecule has 0 spiro atoms. The average Bonchev–Trinajstić information content (AvgIpc) is 3.18. The largest absolute Gasteiger partial charge is 0.291 e. The second-order valence-electron chi connectivity index (χ2n) is 4.52. The summed E-state index contributed by atoms with van der Waals surface area (Å²) >= 11 is 10.7. The molecule has 0 atom stereocenters. The number of hydrazone groups is 1.